The van der Waals surface area contributed by atoms with Crippen LogP contribution < -0.4 is 28.0 Å². The zero-order valence-electron chi connectivity index (χ0n) is 9.86. The van der Waals surface area contributed by atoms with E-state index < -0.39 is 0 Å². The highest BCUT2D eigenvalue weighted by Crippen LogP contribution is 2.07. The van der Waals surface area contributed by atoms with Gasteiger partial charge in [-0.25, -0.2) is 0 Å². The van der Waals surface area contributed by atoms with Crippen molar-refractivity contribution in [2.45, 2.75) is 58.3 Å². The lowest BCUT2D eigenvalue weighted by atomic mass is 10.1. The predicted octanol–water partition coefficient (Wildman–Crippen LogP) is -0.752. The zero-order chi connectivity index (χ0) is 10.6. The molecule has 0 aliphatic rings. The molecule has 0 aliphatic carbocycles. The van der Waals surface area contributed by atoms with Crippen LogP contribution in [0.4, 0.5) is 0 Å². The van der Waals surface area contributed by atoms with Crippen LogP contribution in [0.1, 0.15) is 58.3 Å². The molecule has 0 fully saturated rings. The van der Waals surface area contributed by atoms with Crippen LogP contribution in [0.3, 0.4) is 0 Å². The maximum absolute atomic E-state index is 4.82. The molecule has 0 radical (unpaired) electrons. The Bertz CT molecular complexity index is 143. The Morgan fingerprint density at radius 1 is 1.00 bits per heavy atom. The first-order valence-electron chi connectivity index (χ1n) is 5.87. The first-order valence-corrected chi connectivity index (χ1v) is 6.28. The van der Waals surface area contributed by atoms with Gasteiger partial charge in [0.05, 0.1) is 0 Å². The second kappa shape index (κ2) is 14.3. The highest BCUT2D eigenvalue weighted by atomic mass is 79.9. The highest BCUT2D eigenvalue weighted by molar-refractivity contribution is 7.79. The summed E-state index contributed by atoms with van der Waals surface area (Å²) in [6.07, 6.45) is 10.9. The molecule has 0 unspecified atom stereocenters. The molecule has 0 aromatic heterocycles. The van der Waals surface area contributed by atoms with E-state index in [-0.39, 0.29) is 17.0 Å². The molecule has 0 amide bonds. The summed E-state index contributed by atoms with van der Waals surface area (Å²) in [5.41, 5.74) is 3.63. The number of nitrogens with one attached hydrogen (secondary N) is 1. The average Bonchev–Trinajstić information content (AvgIpc) is 2.15. The van der Waals surface area contributed by atoms with Crippen LogP contribution in [0.5, 0.6) is 0 Å². The van der Waals surface area contributed by atoms with E-state index in [2.05, 4.69) is 18.0 Å². The molecule has 0 aliphatic heterocycles. The van der Waals surface area contributed by atoms with E-state index in [4.69, 9.17) is 12.2 Å². The minimum Gasteiger partial charge on any atom is -1.00 e. The van der Waals surface area contributed by atoms with E-state index in [1.54, 1.807) is 0 Å². The van der Waals surface area contributed by atoms with Crippen molar-refractivity contribution in [3.63, 3.8) is 0 Å². The minimum absolute atomic E-state index is 0. The number of thiocarbonyl (C=S) groups is 1. The molecule has 0 heterocycles. The normalized spacial score (nSPS) is 9.47. The number of quaternary nitrogens is 1. The summed E-state index contributed by atoms with van der Waals surface area (Å²) in [6.45, 7) is 3.25. The lowest BCUT2D eigenvalue weighted by molar-refractivity contribution is -0.215. The monoisotopic (exact) mass is 296 g/mol. The van der Waals surface area contributed by atoms with Crippen LogP contribution >= 0.6 is 12.2 Å². The molecule has 0 aromatic carbocycles. The highest BCUT2D eigenvalue weighted by Gasteiger charge is 1.92. The van der Waals surface area contributed by atoms with Gasteiger partial charge in [0.15, 0.2) is 0 Å². The summed E-state index contributed by atoms with van der Waals surface area (Å²) in [5, 5.41) is 3.75. The largest absolute Gasteiger partial charge is 1.00 e. The first kappa shape index (κ1) is 17.7. The third kappa shape index (κ3) is 17.0. The summed E-state index contributed by atoms with van der Waals surface area (Å²) < 4.78 is 0. The molecule has 2 nitrogen and oxygen atoms in total. The van der Waals surface area contributed by atoms with Crippen molar-refractivity contribution in [3.8, 4) is 0 Å². The standard InChI is InChI=1S/C11H24N2S.BrH/c1-2-3-4-5-6-7-8-9-10-13-11(12)14;/h2-10H2,1H3,(H3,12,13,14);1H. The maximum Gasteiger partial charge on any atom is 0.264 e. The summed E-state index contributed by atoms with van der Waals surface area (Å²) in [4.78, 5) is 0. The molecular formula is C11H25BrN2S. The van der Waals surface area contributed by atoms with Gasteiger partial charge in [-0.2, -0.15) is 0 Å². The van der Waals surface area contributed by atoms with E-state index in [0.717, 1.165) is 6.54 Å². The van der Waals surface area contributed by atoms with E-state index in [1.165, 1.54) is 51.4 Å². The van der Waals surface area contributed by atoms with Crippen molar-refractivity contribution in [2.24, 2.45) is 0 Å². The molecule has 0 saturated carbocycles. The van der Waals surface area contributed by atoms with Gasteiger partial charge in [-0.05, 0) is 6.42 Å². The second-order valence-corrected chi connectivity index (χ2v) is 4.32. The molecule has 15 heavy (non-hydrogen) atoms. The van der Waals surface area contributed by atoms with Gasteiger partial charge in [-0.1, -0.05) is 51.9 Å². The Kier molecular flexibility index (Phi) is 16.9. The number of unbranched alkanes of at least 4 members (excludes halogenated alkanes) is 7. The lowest BCUT2D eigenvalue weighted by Crippen LogP contribution is -3.00. The van der Waals surface area contributed by atoms with E-state index >= 15 is 0 Å². The van der Waals surface area contributed by atoms with Crippen LogP contribution in [0.2, 0.25) is 0 Å². The fraction of sp³-hybridized carbons (Fsp3) is 0.909. The molecule has 0 aromatic rings. The number of halogens is 1. The van der Waals surface area contributed by atoms with Gasteiger partial charge >= 0.3 is 0 Å². The van der Waals surface area contributed by atoms with Crippen LogP contribution in [0, 0.1) is 0 Å². The van der Waals surface area contributed by atoms with Gasteiger partial charge in [0, 0.05) is 18.8 Å². The smallest absolute Gasteiger partial charge is 0.264 e. The van der Waals surface area contributed by atoms with Crippen molar-refractivity contribution in [3.05, 3.63) is 0 Å². The van der Waals surface area contributed by atoms with Crippen molar-refractivity contribution in [1.29, 1.82) is 0 Å². The number of hydrogen-bond acceptors (Lipinski definition) is 1. The van der Waals surface area contributed by atoms with Gasteiger partial charge in [0.1, 0.15) is 0 Å². The fourth-order valence-corrected chi connectivity index (χ4v) is 1.59. The molecule has 92 valence electrons. The minimum atomic E-state index is 0. The third-order valence-corrected chi connectivity index (χ3v) is 2.50. The van der Waals surface area contributed by atoms with Crippen molar-refractivity contribution < 1.29 is 22.7 Å². The molecule has 0 saturated heterocycles. The van der Waals surface area contributed by atoms with Gasteiger partial charge in [0.25, 0.3) is 5.11 Å². The maximum atomic E-state index is 4.82. The lowest BCUT2D eigenvalue weighted by Gasteiger charge is -2.02. The molecule has 4 N–H and O–H groups in total. The molecule has 0 atom stereocenters. The van der Waals surface area contributed by atoms with E-state index in [1.807, 2.05) is 0 Å². The van der Waals surface area contributed by atoms with Crippen molar-refractivity contribution in [2.75, 3.05) is 6.54 Å². The molecule has 0 rings (SSSR count). The molecule has 0 bridgehead atoms. The van der Waals surface area contributed by atoms with Gasteiger partial charge < -0.3 is 28.0 Å². The first-order chi connectivity index (χ1) is 6.77. The van der Waals surface area contributed by atoms with Crippen LogP contribution in [-0.4, -0.2) is 11.7 Å². The van der Waals surface area contributed by atoms with Crippen molar-refractivity contribution in [1.82, 2.24) is 5.32 Å². The topological polar surface area (TPSA) is 39.7 Å². The Labute approximate surface area is 110 Å². The summed E-state index contributed by atoms with van der Waals surface area (Å²) in [5.74, 6) is 0. The molecule has 0 spiro atoms. The molecule has 4 heteroatoms. The number of rotatable bonds is 9. The Hall–Kier alpha value is 0.330. The van der Waals surface area contributed by atoms with Crippen molar-refractivity contribution >= 4 is 17.3 Å². The Balaban J connectivity index is 0. The Morgan fingerprint density at radius 3 is 1.93 bits per heavy atom. The van der Waals surface area contributed by atoms with Gasteiger partial charge in [-0.15, -0.1) is 0 Å². The number of hydrogen-bond donors (Lipinski definition) is 2. The average molecular weight is 297 g/mol. The Morgan fingerprint density at radius 2 is 1.47 bits per heavy atom. The van der Waals surface area contributed by atoms with Gasteiger partial charge in [0.2, 0.25) is 0 Å². The predicted molar refractivity (Wildman–Crippen MR) is 66.1 cm³/mol. The fourth-order valence-electron chi connectivity index (χ4n) is 1.49. The van der Waals surface area contributed by atoms with Crippen LogP contribution in [0.25, 0.3) is 0 Å². The molecular weight excluding hydrogens is 272 g/mol. The summed E-state index contributed by atoms with van der Waals surface area (Å²) in [7, 11) is 0. The summed E-state index contributed by atoms with van der Waals surface area (Å²) >= 11 is 4.82. The van der Waals surface area contributed by atoms with E-state index in [9.17, 15) is 0 Å². The van der Waals surface area contributed by atoms with Crippen LogP contribution in [0.15, 0.2) is 0 Å². The van der Waals surface area contributed by atoms with E-state index in [0.29, 0.717) is 5.11 Å². The SMILES string of the molecule is CCCCCCCCCCNC([NH3+])=S.[Br-]. The quantitative estimate of drug-likeness (QED) is 0.434. The summed E-state index contributed by atoms with van der Waals surface area (Å²) in [6, 6.07) is 0. The second-order valence-electron chi connectivity index (χ2n) is 3.82. The zero-order valence-corrected chi connectivity index (χ0v) is 12.3. The van der Waals surface area contributed by atoms with Gasteiger partial charge in [-0.3, -0.25) is 0 Å². The van der Waals surface area contributed by atoms with Crippen LogP contribution in [-0.2, 0) is 0 Å². The third-order valence-electron chi connectivity index (χ3n) is 2.35.